The summed E-state index contributed by atoms with van der Waals surface area (Å²) in [5.41, 5.74) is 0.930. The number of halogens is 1. The molecule has 0 saturated heterocycles. The van der Waals surface area contributed by atoms with Crippen LogP contribution in [0.5, 0.6) is 0 Å². The molecule has 0 fully saturated rings. The Kier molecular flexibility index (Phi) is 4.77. The van der Waals surface area contributed by atoms with Gasteiger partial charge in [0.15, 0.2) is 0 Å². The number of hydrogen-bond donors (Lipinski definition) is 1. The van der Waals surface area contributed by atoms with Gasteiger partial charge < -0.3 is 10.0 Å². The Labute approximate surface area is 105 Å². The van der Waals surface area contributed by atoms with Gasteiger partial charge in [-0.3, -0.25) is 4.79 Å². The second kappa shape index (κ2) is 5.66. The smallest absolute Gasteiger partial charge is 0.265 e. The van der Waals surface area contributed by atoms with E-state index in [0.29, 0.717) is 22.9 Å². The maximum atomic E-state index is 12.0. The second-order valence-corrected chi connectivity index (χ2v) is 5.18. The maximum absolute atomic E-state index is 12.0. The summed E-state index contributed by atoms with van der Waals surface area (Å²) < 4.78 is 0. The van der Waals surface area contributed by atoms with Crippen LogP contribution in [-0.2, 0) is 0 Å². The minimum Gasteiger partial charge on any atom is -0.393 e. The highest BCUT2D eigenvalue weighted by atomic mass is 35.5. The van der Waals surface area contributed by atoms with Crippen molar-refractivity contribution in [1.29, 1.82) is 0 Å². The van der Waals surface area contributed by atoms with Gasteiger partial charge in [-0.15, -0.1) is 11.3 Å². The van der Waals surface area contributed by atoms with Crippen molar-refractivity contribution in [2.45, 2.75) is 26.4 Å². The highest BCUT2D eigenvalue weighted by molar-refractivity contribution is 7.13. The Hall–Kier alpha value is -0.580. The second-order valence-electron chi connectivity index (χ2n) is 3.93. The van der Waals surface area contributed by atoms with E-state index >= 15 is 0 Å². The molecule has 0 bridgehead atoms. The van der Waals surface area contributed by atoms with Crippen molar-refractivity contribution in [3.8, 4) is 0 Å². The zero-order valence-corrected chi connectivity index (χ0v) is 11.2. The third-order valence-electron chi connectivity index (χ3n) is 2.32. The summed E-state index contributed by atoms with van der Waals surface area (Å²) in [6, 6.07) is 0. The van der Waals surface area contributed by atoms with E-state index < -0.39 is 6.10 Å². The number of aryl methyl sites for hydroxylation is 1. The van der Waals surface area contributed by atoms with Gasteiger partial charge in [0.1, 0.15) is 4.88 Å². The fourth-order valence-electron chi connectivity index (χ4n) is 1.23. The summed E-state index contributed by atoms with van der Waals surface area (Å²) in [4.78, 5) is 14.1. The highest BCUT2D eigenvalue weighted by Gasteiger charge is 2.18. The van der Waals surface area contributed by atoms with Crippen LogP contribution in [0.15, 0.2) is 5.38 Å². The summed E-state index contributed by atoms with van der Waals surface area (Å²) >= 11 is 7.39. The summed E-state index contributed by atoms with van der Waals surface area (Å²) in [7, 11) is 1.72. The first-order chi connectivity index (χ1) is 7.43. The number of aliphatic hydroxyl groups excluding tert-OH is 1. The molecule has 1 amide bonds. The standard InChI is InChI=1S/C11H16ClNO2S/c1-7-6-16-10(9(7)12)11(15)13(3)5-4-8(2)14/h6,8,14H,4-5H2,1-3H3. The Bertz CT molecular complexity index is 376. The van der Waals surface area contributed by atoms with Crippen molar-refractivity contribution in [3.63, 3.8) is 0 Å². The fourth-order valence-corrected chi connectivity index (χ4v) is 2.50. The predicted octanol–water partition coefficient (Wildman–Crippen LogP) is 2.55. The molecule has 0 aliphatic heterocycles. The normalized spacial score (nSPS) is 12.6. The van der Waals surface area contributed by atoms with Gasteiger partial charge >= 0.3 is 0 Å². The Balaban J connectivity index is 2.67. The Morgan fingerprint density at radius 1 is 1.69 bits per heavy atom. The minimum absolute atomic E-state index is 0.0799. The first kappa shape index (κ1) is 13.5. The summed E-state index contributed by atoms with van der Waals surface area (Å²) in [5, 5.41) is 11.6. The van der Waals surface area contributed by atoms with Crippen molar-refractivity contribution < 1.29 is 9.90 Å². The lowest BCUT2D eigenvalue weighted by atomic mass is 10.2. The quantitative estimate of drug-likeness (QED) is 0.905. The van der Waals surface area contributed by atoms with Crippen LogP contribution in [0.2, 0.25) is 5.02 Å². The van der Waals surface area contributed by atoms with Crippen molar-refractivity contribution in [1.82, 2.24) is 4.90 Å². The van der Waals surface area contributed by atoms with Crippen LogP contribution in [-0.4, -0.2) is 35.6 Å². The molecule has 0 aliphatic rings. The van der Waals surface area contributed by atoms with E-state index in [0.717, 1.165) is 5.56 Å². The number of carbonyl (C=O) groups excluding carboxylic acids is 1. The lowest BCUT2D eigenvalue weighted by Crippen LogP contribution is -2.29. The molecule has 1 heterocycles. The molecule has 5 heteroatoms. The Morgan fingerprint density at radius 3 is 2.75 bits per heavy atom. The maximum Gasteiger partial charge on any atom is 0.265 e. The topological polar surface area (TPSA) is 40.5 Å². The molecule has 1 N–H and O–H groups in total. The molecule has 90 valence electrons. The van der Waals surface area contributed by atoms with Crippen LogP contribution in [0.1, 0.15) is 28.6 Å². The number of hydrogen-bond acceptors (Lipinski definition) is 3. The highest BCUT2D eigenvalue weighted by Crippen LogP contribution is 2.28. The van der Waals surface area contributed by atoms with E-state index in [1.807, 2.05) is 12.3 Å². The molecule has 0 radical (unpaired) electrons. The van der Waals surface area contributed by atoms with Crippen LogP contribution in [0.25, 0.3) is 0 Å². The average molecular weight is 262 g/mol. The number of rotatable bonds is 4. The van der Waals surface area contributed by atoms with Gasteiger partial charge in [-0.2, -0.15) is 0 Å². The summed E-state index contributed by atoms with van der Waals surface area (Å²) in [5.74, 6) is -0.0799. The van der Waals surface area contributed by atoms with Gasteiger partial charge in [0, 0.05) is 13.6 Å². The Morgan fingerprint density at radius 2 is 2.31 bits per heavy atom. The molecule has 0 saturated carbocycles. The number of amides is 1. The lowest BCUT2D eigenvalue weighted by Gasteiger charge is -2.17. The molecule has 1 aromatic heterocycles. The molecular formula is C11H16ClNO2S. The molecule has 1 rings (SSSR count). The summed E-state index contributed by atoms with van der Waals surface area (Å²) in [6.45, 7) is 4.12. The first-order valence-corrected chi connectivity index (χ1v) is 6.36. The van der Waals surface area contributed by atoms with E-state index in [9.17, 15) is 4.79 Å². The van der Waals surface area contributed by atoms with Crippen molar-refractivity contribution in [3.05, 3.63) is 20.8 Å². The first-order valence-electron chi connectivity index (χ1n) is 5.10. The van der Waals surface area contributed by atoms with Crippen molar-refractivity contribution >= 4 is 28.8 Å². The molecule has 1 aromatic rings. The molecule has 1 unspecified atom stereocenters. The van der Waals surface area contributed by atoms with E-state index in [1.54, 1.807) is 18.9 Å². The number of thiophene rings is 1. The fraction of sp³-hybridized carbons (Fsp3) is 0.545. The van der Waals surface area contributed by atoms with Gasteiger partial charge in [-0.25, -0.2) is 0 Å². The van der Waals surface area contributed by atoms with E-state index in [2.05, 4.69) is 0 Å². The van der Waals surface area contributed by atoms with E-state index in [1.165, 1.54) is 11.3 Å². The van der Waals surface area contributed by atoms with Crippen LogP contribution < -0.4 is 0 Å². The number of carbonyl (C=O) groups is 1. The van der Waals surface area contributed by atoms with Gasteiger partial charge in [-0.05, 0) is 31.2 Å². The number of nitrogens with zero attached hydrogens (tertiary/aromatic N) is 1. The third kappa shape index (κ3) is 3.20. The lowest BCUT2D eigenvalue weighted by molar-refractivity contribution is 0.0774. The van der Waals surface area contributed by atoms with E-state index in [4.69, 9.17) is 16.7 Å². The molecule has 0 spiro atoms. The zero-order chi connectivity index (χ0) is 12.3. The largest absolute Gasteiger partial charge is 0.393 e. The molecule has 16 heavy (non-hydrogen) atoms. The van der Waals surface area contributed by atoms with Gasteiger partial charge in [-0.1, -0.05) is 11.6 Å². The zero-order valence-electron chi connectivity index (χ0n) is 9.66. The minimum atomic E-state index is -0.393. The van der Waals surface area contributed by atoms with Crippen molar-refractivity contribution in [2.24, 2.45) is 0 Å². The molecule has 0 aromatic carbocycles. The molecule has 1 atom stereocenters. The van der Waals surface area contributed by atoms with E-state index in [-0.39, 0.29) is 5.91 Å². The monoisotopic (exact) mass is 261 g/mol. The number of aliphatic hydroxyl groups is 1. The molecular weight excluding hydrogens is 246 g/mol. The van der Waals surface area contributed by atoms with Gasteiger partial charge in [0.25, 0.3) is 5.91 Å². The SMILES string of the molecule is Cc1csc(C(=O)N(C)CCC(C)O)c1Cl. The average Bonchev–Trinajstić information content (AvgIpc) is 2.55. The van der Waals surface area contributed by atoms with Gasteiger partial charge in [0.2, 0.25) is 0 Å². The summed E-state index contributed by atoms with van der Waals surface area (Å²) in [6.07, 6.45) is 0.181. The van der Waals surface area contributed by atoms with Crippen LogP contribution in [0.4, 0.5) is 0 Å². The van der Waals surface area contributed by atoms with Crippen LogP contribution in [0, 0.1) is 6.92 Å². The van der Waals surface area contributed by atoms with Crippen LogP contribution in [0.3, 0.4) is 0 Å². The van der Waals surface area contributed by atoms with Crippen molar-refractivity contribution in [2.75, 3.05) is 13.6 Å². The molecule has 3 nitrogen and oxygen atoms in total. The van der Waals surface area contributed by atoms with Crippen LogP contribution >= 0.6 is 22.9 Å². The predicted molar refractivity (Wildman–Crippen MR) is 67.3 cm³/mol. The third-order valence-corrected chi connectivity index (χ3v) is 4.01. The molecule has 0 aliphatic carbocycles. The van der Waals surface area contributed by atoms with Gasteiger partial charge in [0.05, 0.1) is 11.1 Å².